The number of benzene rings is 2. The fourth-order valence-electron chi connectivity index (χ4n) is 3.36. The maximum Gasteiger partial charge on any atom is 0.349 e. The third-order valence-electron chi connectivity index (χ3n) is 5.25. The number of carbonyl (C=O) groups is 2. The van der Waals surface area contributed by atoms with Crippen LogP contribution in [0, 0.1) is 0 Å². The van der Waals surface area contributed by atoms with Crippen LogP contribution in [0.3, 0.4) is 0 Å². The van der Waals surface area contributed by atoms with Crippen LogP contribution in [0.2, 0.25) is 5.02 Å². The molecule has 0 radical (unpaired) electrons. The van der Waals surface area contributed by atoms with Crippen molar-refractivity contribution in [1.82, 2.24) is 5.32 Å². The minimum Gasteiger partial charge on any atom is -0.476 e. The Morgan fingerprint density at radius 1 is 0.912 bits per heavy atom. The van der Waals surface area contributed by atoms with Crippen LogP contribution in [0.5, 0.6) is 11.5 Å². The first-order valence-electron chi connectivity index (χ1n) is 11.9. The van der Waals surface area contributed by atoms with Gasteiger partial charge in [0, 0.05) is 5.02 Å². The standard InChI is InChI=1S/C27H36ClNO5/c1-5-7-8-9-10-19-29-24(25(30)33-22-17-13-21(28)14-18-22)20-11-15-23(16-12-20)34-27(3,4)26(31)32-6-2/h11-18,24,29H,5-10,19H2,1-4H3. The lowest BCUT2D eigenvalue weighted by atomic mass is 10.1. The van der Waals surface area contributed by atoms with E-state index in [1.165, 1.54) is 19.3 Å². The van der Waals surface area contributed by atoms with Crippen molar-refractivity contribution in [3.63, 3.8) is 0 Å². The molecule has 1 N–H and O–H groups in total. The zero-order valence-corrected chi connectivity index (χ0v) is 21.3. The van der Waals surface area contributed by atoms with E-state index < -0.39 is 23.6 Å². The molecule has 2 aromatic rings. The molecule has 34 heavy (non-hydrogen) atoms. The molecule has 0 fully saturated rings. The second-order valence-electron chi connectivity index (χ2n) is 8.58. The van der Waals surface area contributed by atoms with Crippen LogP contribution in [0.1, 0.15) is 71.4 Å². The van der Waals surface area contributed by atoms with Gasteiger partial charge >= 0.3 is 11.9 Å². The summed E-state index contributed by atoms with van der Waals surface area (Å²) in [6.07, 6.45) is 5.66. The highest BCUT2D eigenvalue weighted by molar-refractivity contribution is 6.30. The van der Waals surface area contributed by atoms with E-state index in [-0.39, 0.29) is 6.61 Å². The lowest BCUT2D eigenvalue weighted by molar-refractivity contribution is -0.158. The number of hydrogen-bond acceptors (Lipinski definition) is 6. The lowest BCUT2D eigenvalue weighted by Crippen LogP contribution is -2.39. The van der Waals surface area contributed by atoms with Gasteiger partial charge in [-0.15, -0.1) is 0 Å². The second kappa shape index (κ2) is 14.0. The van der Waals surface area contributed by atoms with Crippen LogP contribution in [-0.2, 0) is 14.3 Å². The second-order valence-corrected chi connectivity index (χ2v) is 9.01. The molecule has 186 valence electrons. The Bertz CT molecular complexity index is 896. The van der Waals surface area contributed by atoms with Gasteiger partial charge in [-0.1, -0.05) is 56.3 Å². The third-order valence-corrected chi connectivity index (χ3v) is 5.50. The molecule has 0 heterocycles. The topological polar surface area (TPSA) is 73.9 Å². The molecule has 1 unspecified atom stereocenters. The lowest BCUT2D eigenvalue weighted by Gasteiger charge is -2.24. The van der Waals surface area contributed by atoms with E-state index in [4.69, 9.17) is 25.8 Å². The minimum absolute atomic E-state index is 0.284. The number of ether oxygens (including phenoxy) is 3. The summed E-state index contributed by atoms with van der Waals surface area (Å²) in [6, 6.07) is 13.1. The van der Waals surface area contributed by atoms with Gasteiger partial charge in [0.2, 0.25) is 0 Å². The van der Waals surface area contributed by atoms with E-state index in [0.29, 0.717) is 23.1 Å². The van der Waals surface area contributed by atoms with Gasteiger partial charge in [-0.05, 0) is 75.7 Å². The molecule has 6 nitrogen and oxygen atoms in total. The van der Waals surface area contributed by atoms with Gasteiger partial charge in [0.05, 0.1) is 6.61 Å². The Balaban J connectivity index is 2.11. The average molecular weight is 490 g/mol. The number of halogens is 1. The number of rotatable bonds is 14. The Hall–Kier alpha value is -2.57. The SMILES string of the molecule is CCCCCCCNC(C(=O)Oc1ccc(Cl)cc1)c1ccc(OC(C)(C)C(=O)OCC)cc1. The zero-order chi connectivity index (χ0) is 25.0. The maximum atomic E-state index is 13.0. The minimum atomic E-state index is -1.12. The van der Waals surface area contributed by atoms with Crippen molar-refractivity contribution < 1.29 is 23.8 Å². The molecule has 0 aliphatic rings. The van der Waals surface area contributed by atoms with Crippen molar-refractivity contribution in [2.45, 2.75) is 71.4 Å². The summed E-state index contributed by atoms with van der Waals surface area (Å²) < 4.78 is 16.5. The first-order valence-corrected chi connectivity index (χ1v) is 12.3. The monoisotopic (exact) mass is 489 g/mol. The Kier molecular flexibility index (Phi) is 11.4. The highest BCUT2D eigenvalue weighted by atomic mass is 35.5. The molecule has 2 rings (SSSR count). The summed E-state index contributed by atoms with van der Waals surface area (Å²) in [5.41, 5.74) is -0.380. The number of esters is 2. The van der Waals surface area contributed by atoms with Crippen molar-refractivity contribution in [2.75, 3.05) is 13.2 Å². The molecule has 1 atom stereocenters. The largest absolute Gasteiger partial charge is 0.476 e. The molecule has 0 saturated carbocycles. The van der Waals surface area contributed by atoms with Crippen LogP contribution in [-0.4, -0.2) is 30.7 Å². The molecule has 0 saturated heterocycles. The fourth-order valence-corrected chi connectivity index (χ4v) is 3.49. The number of hydrogen-bond donors (Lipinski definition) is 1. The van der Waals surface area contributed by atoms with Crippen molar-refractivity contribution in [1.29, 1.82) is 0 Å². The highest BCUT2D eigenvalue weighted by Crippen LogP contribution is 2.25. The van der Waals surface area contributed by atoms with Crippen molar-refractivity contribution in [2.24, 2.45) is 0 Å². The van der Waals surface area contributed by atoms with Crippen LogP contribution in [0.4, 0.5) is 0 Å². The first-order chi connectivity index (χ1) is 16.3. The van der Waals surface area contributed by atoms with Crippen LogP contribution in [0.25, 0.3) is 0 Å². The van der Waals surface area contributed by atoms with Gasteiger partial charge < -0.3 is 19.5 Å². The smallest absolute Gasteiger partial charge is 0.349 e. The summed E-state index contributed by atoms with van der Waals surface area (Å²) in [5.74, 6) is 0.0936. The highest BCUT2D eigenvalue weighted by Gasteiger charge is 2.31. The Labute approximate surface area is 207 Å². The fraction of sp³-hybridized carbons (Fsp3) is 0.481. The van der Waals surface area contributed by atoms with Crippen molar-refractivity contribution >= 4 is 23.5 Å². The van der Waals surface area contributed by atoms with E-state index in [1.807, 2.05) is 0 Å². The predicted molar refractivity (Wildman–Crippen MR) is 134 cm³/mol. The molecule has 0 aromatic heterocycles. The summed E-state index contributed by atoms with van der Waals surface area (Å²) in [4.78, 5) is 25.1. The molecular weight excluding hydrogens is 454 g/mol. The Morgan fingerprint density at radius 3 is 2.15 bits per heavy atom. The van der Waals surface area contributed by atoms with Crippen molar-refractivity contribution in [3.05, 3.63) is 59.1 Å². The summed E-state index contributed by atoms with van der Waals surface area (Å²) in [7, 11) is 0. The molecule has 0 amide bonds. The van der Waals surface area contributed by atoms with Gasteiger partial charge in [0.15, 0.2) is 5.60 Å². The average Bonchev–Trinajstić information content (AvgIpc) is 2.81. The van der Waals surface area contributed by atoms with Crippen LogP contribution < -0.4 is 14.8 Å². The number of unbranched alkanes of at least 4 members (excludes halogenated alkanes) is 4. The van der Waals surface area contributed by atoms with Crippen molar-refractivity contribution in [3.8, 4) is 11.5 Å². The molecule has 0 bridgehead atoms. The van der Waals surface area contributed by atoms with Gasteiger partial charge in [0.25, 0.3) is 0 Å². The molecule has 0 spiro atoms. The quantitative estimate of drug-likeness (QED) is 0.191. The summed E-state index contributed by atoms with van der Waals surface area (Å²) in [6.45, 7) is 8.23. The van der Waals surface area contributed by atoms with Gasteiger partial charge in [-0.3, -0.25) is 0 Å². The Morgan fingerprint density at radius 2 is 1.53 bits per heavy atom. The van der Waals surface area contributed by atoms with Crippen LogP contribution in [0.15, 0.2) is 48.5 Å². The maximum absolute atomic E-state index is 13.0. The summed E-state index contributed by atoms with van der Waals surface area (Å²) in [5, 5.41) is 3.90. The molecule has 2 aromatic carbocycles. The molecule has 0 aliphatic carbocycles. The number of carbonyl (C=O) groups excluding carboxylic acids is 2. The normalized spacial score (nSPS) is 12.1. The molecule has 0 aliphatic heterocycles. The first kappa shape index (κ1) is 27.7. The van der Waals surface area contributed by atoms with E-state index in [1.54, 1.807) is 69.3 Å². The predicted octanol–water partition coefficient (Wildman–Crippen LogP) is 6.27. The third kappa shape index (κ3) is 8.99. The van der Waals surface area contributed by atoms with E-state index in [0.717, 1.165) is 18.4 Å². The van der Waals surface area contributed by atoms with E-state index >= 15 is 0 Å². The van der Waals surface area contributed by atoms with Gasteiger partial charge in [-0.2, -0.15) is 0 Å². The zero-order valence-electron chi connectivity index (χ0n) is 20.6. The molecule has 7 heteroatoms. The van der Waals surface area contributed by atoms with Gasteiger partial charge in [0.1, 0.15) is 17.5 Å². The van der Waals surface area contributed by atoms with Gasteiger partial charge in [-0.25, -0.2) is 9.59 Å². The van der Waals surface area contributed by atoms with E-state index in [9.17, 15) is 9.59 Å². The molecular formula is C27H36ClNO5. The number of nitrogens with one attached hydrogen (secondary N) is 1. The summed E-state index contributed by atoms with van der Waals surface area (Å²) >= 11 is 5.93. The van der Waals surface area contributed by atoms with E-state index in [2.05, 4.69) is 12.2 Å². The van der Waals surface area contributed by atoms with Crippen LogP contribution >= 0.6 is 11.6 Å².